The zero-order valence-corrected chi connectivity index (χ0v) is 17.4. The summed E-state index contributed by atoms with van der Waals surface area (Å²) in [4.78, 5) is 4.13. The molecule has 0 unspecified atom stereocenters. The molecule has 1 aromatic rings. The molecule has 26 heavy (non-hydrogen) atoms. The van der Waals surface area contributed by atoms with Gasteiger partial charge in [-0.3, -0.25) is 4.99 Å². The second-order valence-electron chi connectivity index (χ2n) is 5.97. The first-order valence-corrected chi connectivity index (χ1v) is 8.78. The van der Waals surface area contributed by atoms with E-state index in [0.29, 0.717) is 24.2 Å². The molecule has 0 aromatic heterocycles. The van der Waals surface area contributed by atoms with Gasteiger partial charge in [0.15, 0.2) is 5.96 Å². The van der Waals surface area contributed by atoms with Crippen molar-refractivity contribution in [3.63, 3.8) is 0 Å². The van der Waals surface area contributed by atoms with Crippen LogP contribution in [0.5, 0.6) is 5.75 Å². The topological polar surface area (TPSA) is 54.9 Å². The zero-order valence-electron chi connectivity index (χ0n) is 15.0. The Morgan fingerprint density at radius 2 is 1.96 bits per heavy atom. The van der Waals surface area contributed by atoms with Crippen LogP contribution in [0.3, 0.4) is 0 Å². The Bertz CT molecular complexity index is 541. The lowest BCUT2D eigenvalue weighted by molar-refractivity contribution is -0.0504. The number of nitrogens with zero attached hydrogens (tertiary/aromatic N) is 1. The van der Waals surface area contributed by atoms with Crippen molar-refractivity contribution in [2.45, 2.75) is 51.4 Å². The first kappa shape index (κ1) is 22.9. The van der Waals surface area contributed by atoms with Gasteiger partial charge < -0.3 is 20.1 Å². The summed E-state index contributed by atoms with van der Waals surface area (Å²) in [7, 11) is 1.67. The molecular weight excluding hydrogens is 455 g/mol. The first-order chi connectivity index (χ1) is 12.2. The van der Waals surface area contributed by atoms with Gasteiger partial charge in [-0.05, 0) is 25.3 Å². The second kappa shape index (κ2) is 13.1. The molecule has 1 aliphatic carbocycles. The number of nitrogens with one attached hydrogen (secondary N) is 2. The molecule has 1 fully saturated rings. The van der Waals surface area contributed by atoms with Crippen LogP contribution in [0.1, 0.15) is 37.7 Å². The molecule has 2 N–H and O–H groups in total. The van der Waals surface area contributed by atoms with Gasteiger partial charge in [0, 0.05) is 32.3 Å². The Hall–Kier alpha value is -1.16. The molecule has 0 atom stereocenters. The molecule has 1 aromatic carbocycles. The minimum atomic E-state index is -2.83. The lowest BCUT2D eigenvalue weighted by Gasteiger charge is -2.15. The summed E-state index contributed by atoms with van der Waals surface area (Å²) in [6.07, 6.45) is 6.23. The van der Waals surface area contributed by atoms with Crippen LogP contribution < -0.4 is 15.4 Å². The van der Waals surface area contributed by atoms with Crippen LogP contribution >= 0.6 is 24.0 Å². The Kier molecular flexibility index (Phi) is 11.5. The molecule has 0 saturated heterocycles. The van der Waals surface area contributed by atoms with Crippen molar-refractivity contribution < 1.29 is 18.3 Å². The van der Waals surface area contributed by atoms with E-state index in [2.05, 4.69) is 20.4 Å². The van der Waals surface area contributed by atoms with E-state index in [9.17, 15) is 8.78 Å². The highest BCUT2D eigenvalue weighted by atomic mass is 127. The van der Waals surface area contributed by atoms with Crippen LogP contribution in [0, 0.1) is 0 Å². The number of guanidine groups is 1. The van der Waals surface area contributed by atoms with Crippen LogP contribution in [-0.4, -0.2) is 38.9 Å². The van der Waals surface area contributed by atoms with E-state index in [4.69, 9.17) is 4.74 Å². The summed E-state index contributed by atoms with van der Waals surface area (Å²) < 4.78 is 35.2. The van der Waals surface area contributed by atoms with E-state index in [1.165, 1.54) is 31.7 Å². The van der Waals surface area contributed by atoms with Gasteiger partial charge >= 0.3 is 6.61 Å². The van der Waals surface area contributed by atoms with Gasteiger partial charge in [0.2, 0.25) is 0 Å². The third kappa shape index (κ3) is 8.48. The molecule has 0 aliphatic heterocycles. The predicted molar refractivity (Wildman–Crippen MR) is 110 cm³/mol. The molecule has 0 amide bonds. The van der Waals surface area contributed by atoms with Crippen LogP contribution in [0.25, 0.3) is 0 Å². The molecule has 148 valence electrons. The number of para-hydroxylation sites is 1. The number of hydrogen-bond donors (Lipinski definition) is 2. The summed E-state index contributed by atoms with van der Waals surface area (Å²) >= 11 is 0. The maximum absolute atomic E-state index is 12.4. The van der Waals surface area contributed by atoms with Gasteiger partial charge in [-0.1, -0.05) is 31.0 Å². The number of rotatable bonds is 9. The number of hydrogen-bond acceptors (Lipinski definition) is 3. The van der Waals surface area contributed by atoms with Gasteiger partial charge in [-0.2, -0.15) is 8.78 Å². The SMILES string of the molecule is CN=C(NCCCOC1CCCC1)NCc1ccccc1OC(F)F.I. The Morgan fingerprint density at radius 3 is 2.65 bits per heavy atom. The first-order valence-electron chi connectivity index (χ1n) is 8.78. The average Bonchev–Trinajstić information content (AvgIpc) is 3.11. The summed E-state index contributed by atoms with van der Waals surface area (Å²) in [5.74, 6) is 0.790. The standard InChI is InChI=1S/C18H27F2N3O2.HI/c1-21-18(22-11-6-12-24-15-8-3-4-9-15)23-13-14-7-2-5-10-16(14)25-17(19)20;/h2,5,7,10,15,17H,3-4,6,8-9,11-13H2,1H3,(H2,21,22,23);1H. The van der Waals surface area contributed by atoms with Crippen molar-refractivity contribution >= 4 is 29.9 Å². The highest BCUT2D eigenvalue weighted by Crippen LogP contribution is 2.21. The van der Waals surface area contributed by atoms with Crippen molar-refractivity contribution in [2.24, 2.45) is 4.99 Å². The fraction of sp³-hybridized carbons (Fsp3) is 0.611. The fourth-order valence-corrected chi connectivity index (χ4v) is 2.84. The van der Waals surface area contributed by atoms with Crippen molar-refractivity contribution in [2.75, 3.05) is 20.2 Å². The zero-order chi connectivity index (χ0) is 17.9. The van der Waals surface area contributed by atoms with Crippen LogP contribution in [0.4, 0.5) is 8.78 Å². The third-order valence-corrected chi connectivity index (χ3v) is 4.13. The summed E-state index contributed by atoms with van der Waals surface area (Å²) in [5, 5.41) is 6.30. The quantitative estimate of drug-likeness (QED) is 0.242. The van der Waals surface area contributed by atoms with Crippen molar-refractivity contribution in [3.05, 3.63) is 29.8 Å². The highest BCUT2D eigenvalue weighted by molar-refractivity contribution is 14.0. The average molecular weight is 483 g/mol. The molecule has 0 heterocycles. The molecule has 5 nitrogen and oxygen atoms in total. The van der Waals surface area contributed by atoms with Crippen molar-refractivity contribution in [1.82, 2.24) is 10.6 Å². The van der Waals surface area contributed by atoms with Crippen LogP contribution in [-0.2, 0) is 11.3 Å². The molecule has 1 aliphatic rings. The fourth-order valence-electron chi connectivity index (χ4n) is 2.84. The molecule has 2 rings (SSSR count). The second-order valence-corrected chi connectivity index (χ2v) is 5.97. The van der Waals surface area contributed by atoms with Crippen LogP contribution in [0.15, 0.2) is 29.3 Å². The molecule has 0 spiro atoms. The highest BCUT2D eigenvalue weighted by Gasteiger charge is 2.14. The Labute approximate surface area is 171 Å². The van der Waals surface area contributed by atoms with Crippen molar-refractivity contribution in [1.29, 1.82) is 0 Å². The smallest absolute Gasteiger partial charge is 0.387 e. The summed E-state index contributed by atoms with van der Waals surface area (Å²) in [5.41, 5.74) is 0.648. The normalized spacial score (nSPS) is 15.0. The Morgan fingerprint density at radius 1 is 1.23 bits per heavy atom. The largest absolute Gasteiger partial charge is 0.434 e. The van der Waals surface area contributed by atoms with Crippen molar-refractivity contribution in [3.8, 4) is 5.75 Å². The van der Waals surface area contributed by atoms with E-state index in [-0.39, 0.29) is 29.7 Å². The van der Waals surface area contributed by atoms with E-state index in [1.54, 1.807) is 25.2 Å². The predicted octanol–water partition coefficient (Wildman–Crippen LogP) is 3.92. The third-order valence-electron chi connectivity index (χ3n) is 4.13. The van der Waals surface area contributed by atoms with E-state index < -0.39 is 6.61 Å². The van der Waals surface area contributed by atoms with Gasteiger partial charge in [0.1, 0.15) is 5.75 Å². The van der Waals surface area contributed by atoms with Gasteiger partial charge in [-0.25, -0.2) is 0 Å². The summed E-state index contributed by atoms with van der Waals surface area (Å²) in [6.45, 7) is -1.01. The molecular formula is C18H28F2IN3O2. The van der Waals surface area contributed by atoms with E-state index in [1.807, 2.05) is 0 Å². The number of halogens is 3. The summed E-state index contributed by atoms with van der Waals surface area (Å²) in [6, 6.07) is 6.72. The van der Waals surface area contributed by atoms with E-state index in [0.717, 1.165) is 19.6 Å². The van der Waals surface area contributed by atoms with E-state index >= 15 is 0 Å². The number of ether oxygens (including phenoxy) is 2. The lowest BCUT2D eigenvalue weighted by atomic mass is 10.2. The Balaban J connectivity index is 0.00000338. The number of benzene rings is 1. The van der Waals surface area contributed by atoms with Gasteiger partial charge in [0.05, 0.1) is 6.10 Å². The minimum absolute atomic E-state index is 0. The number of alkyl halides is 2. The molecule has 1 saturated carbocycles. The lowest BCUT2D eigenvalue weighted by Crippen LogP contribution is -2.37. The van der Waals surface area contributed by atoms with Gasteiger partial charge in [-0.15, -0.1) is 24.0 Å². The van der Waals surface area contributed by atoms with Crippen LogP contribution in [0.2, 0.25) is 0 Å². The maximum atomic E-state index is 12.4. The molecule has 0 bridgehead atoms. The monoisotopic (exact) mass is 483 g/mol. The maximum Gasteiger partial charge on any atom is 0.387 e. The molecule has 0 radical (unpaired) electrons. The minimum Gasteiger partial charge on any atom is -0.434 e. The number of aliphatic imine (C=N–C) groups is 1. The van der Waals surface area contributed by atoms with Gasteiger partial charge in [0.25, 0.3) is 0 Å². The molecule has 8 heteroatoms.